The van der Waals surface area contributed by atoms with E-state index in [0.29, 0.717) is 39.2 Å². The topological polar surface area (TPSA) is 88.4 Å². The molecule has 5 rings (SSSR count). The van der Waals surface area contributed by atoms with Crippen LogP contribution in [0.2, 0.25) is 0 Å². The predicted molar refractivity (Wildman–Crippen MR) is 141 cm³/mol. The molecule has 2 N–H and O–H groups in total. The first kappa shape index (κ1) is 22.8. The van der Waals surface area contributed by atoms with E-state index in [4.69, 9.17) is 4.42 Å². The molecule has 0 aliphatic rings. The number of aryl methyl sites for hydroxylation is 1. The van der Waals surface area contributed by atoms with Crippen molar-refractivity contribution in [3.05, 3.63) is 130 Å². The van der Waals surface area contributed by atoms with E-state index < -0.39 is 5.63 Å². The number of hydrogen-bond donors (Lipinski definition) is 2. The van der Waals surface area contributed by atoms with Crippen LogP contribution in [0, 0.1) is 6.92 Å². The van der Waals surface area contributed by atoms with E-state index in [1.807, 2.05) is 43.3 Å². The van der Waals surface area contributed by atoms with E-state index in [2.05, 4.69) is 10.6 Å². The molecule has 0 fully saturated rings. The van der Waals surface area contributed by atoms with E-state index in [0.717, 1.165) is 10.9 Å². The number of benzene rings is 4. The molecular weight excluding hydrogens is 452 g/mol. The van der Waals surface area contributed by atoms with Crippen molar-refractivity contribution in [1.82, 2.24) is 0 Å². The Morgan fingerprint density at radius 1 is 0.667 bits per heavy atom. The highest BCUT2D eigenvalue weighted by Crippen LogP contribution is 2.22. The molecule has 1 aromatic heterocycles. The summed E-state index contributed by atoms with van der Waals surface area (Å²) in [6.07, 6.45) is 0. The van der Waals surface area contributed by atoms with Gasteiger partial charge in [0.05, 0.1) is 5.56 Å². The van der Waals surface area contributed by atoms with Gasteiger partial charge in [-0.3, -0.25) is 9.59 Å². The van der Waals surface area contributed by atoms with Crippen LogP contribution >= 0.6 is 0 Å². The second-order valence-corrected chi connectivity index (χ2v) is 8.42. The molecule has 0 aliphatic carbocycles. The van der Waals surface area contributed by atoms with Gasteiger partial charge in [-0.25, -0.2) is 4.79 Å². The minimum atomic E-state index is -0.435. The van der Waals surface area contributed by atoms with Gasteiger partial charge >= 0.3 is 5.63 Å². The maximum atomic E-state index is 12.8. The molecule has 1 heterocycles. The van der Waals surface area contributed by atoms with Gasteiger partial charge in [0.15, 0.2) is 0 Å². The summed E-state index contributed by atoms with van der Waals surface area (Å²) in [5.41, 5.74) is 4.28. The molecule has 2 amide bonds. The SMILES string of the molecule is Cc1cccc(C(=O)Nc2cccc(NC(=O)c3ccc(-c4cc5ccccc5oc4=O)cc3)c2)c1. The van der Waals surface area contributed by atoms with Gasteiger partial charge in [0.1, 0.15) is 5.58 Å². The minimum Gasteiger partial charge on any atom is -0.422 e. The number of anilines is 2. The summed E-state index contributed by atoms with van der Waals surface area (Å²) in [5.74, 6) is -0.537. The first-order valence-electron chi connectivity index (χ1n) is 11.4. The maximum Gasteiger partial charge on any atom is 0.344 e. The number of carbonyl (C=O) groups excluding carboxylic acids is 2. The van der Waals surface area contributed by atoms with E-state index in [1.54, 1.807) is 66.7 Å². The van der Waals surface area contributed by atoms with E-state index in [1.165, 1.54) is 0 Å². The molecule has 0 aliphatic heterocycles. The van der Waals surface area contributed by atoms with Crippen molar-refractivity contribution < 1.29 is 14.0 Å². The minimum absolute atomic E-state index is 0.226. The van der Waals surface area contributed by atoms with Gasteiger partial charge in [0.2, 0.25) is 0 Å². The number of hydrogen-bond acceptors (Lipinski definition) is 4. The van der Waals surface area contributed by atoms with Crippen molar-refractivity contribution in [1.29, 1.82) is 0 Å². The van der Waals surface area contributed by atoms with Crippen molar-refractivity contribution in [3.8, 4) is 11.1 Å². The lowest BCUT2D eigenvalue weighted by Crippen LogP contribution is -2.14. The summed E-state index contributed by atoms with van der Waals surface area (Å²) in [6, 6.07) is 30.1. The number of para-hydroxylation sites is 1. The van der Waals surface area contributed by atoms with Crippen molar-refractivity contribution in [2.24, 2.45) is 0 Å². The van der Waals surface area contributed by atoms with Gasteiger partial charge in [-0.2, -0.15) is 0 Å². The van der Waals surface area contributed by atoms with Crippen LogP contribution in [0.5, 0.6) is 0 Å². The Morgan fingerprint density at radius 3 is 2.06 bits per heavy atom. The highest BCUT2D eigenvalue weighted by molar-refractivity contribution is 6.06. The molecular formula is C30H22N2O4. The van der Waals surface area contributed by atoms with Crippen molar-refractivity contribution >= 4 is 34.2 Å². The third-order valence-electron chi connectivity index (χ3n) is 5.76. The zero-order valence-electron chi connectivity index (χ0n) is 19.4. The Labute approximate surface area is 207 Å². The largest absolute Gasteiger partial charge is 0.422 e. The summed E-state index contributed by atoms with van der Waals surface area (Å²) in [7, 11) is 0. The number of carbonyl (C=O) groups is 2. The molecule has 0 saturated heterocycles. The van der Waals surface area contributed by atoms with Gasteiger partial charge in [-0.1, -0.05) is 54.1 Å². The molecule has 0 spiro atoms. The predicted octanol–water partition coefficient (Wildman–Crippen LogP) is 6.27. The molecule has 0 saturated carbocycles. The zero-order valence-corrected chi connectivity index (χ0v) is 19.4. The lowest BCUT2D eigenvalue weighted by atomic mass is 10.0. The number of rotatable bonds is 5. The molecule has 0 atom stereocenters. The third-order valence-corrected chi connectivity index (χ3v) is 5.76. The molecule has 0 unspecified atom stereocenters. The average Bonchev–Trinajstić information content (AvgIpc) is 2.88. The Balaban J connectivity index is 1.30. The van der Waals surface area contributed by atoms with Crippen molar-refractivity contribution in [2.45, 2.75) is 6.92 Å². The number of amides is 2. The van der Waals surface area contributed by atoms with Gasteiger partial charge < -0.3 is 15.1 Å². The van der Waals surface area contributed by atoms with E-state index >= 15 is 0 Å². The van der Waals surface area contributed by atoms with Crippen LogP contribution in [-0.4, -0.2) is 11.8 Å². The summed E-state index contributed by atoms with van der Waals surface area (Å²) < 4.78 is 5.41. The van der Waals surface area contributed by atoms with Crippen LogP contribution in [0.1, 0.15) is 26.3 Å². The summed E-state index contributed by atoms with van der Waals surface area (Å²) >= 11 is 0. The smallest absolute Gasteiger partial charge is 0.344 e. The lowest BCUT2D eigenvalue weighted by molar-refractivity contribution is 0.101. The van der Waals surface area contributed by atoms with Crippen LogP contribution in [0.4, 0.5) is 11.4 Å². The standard InChI is InChI=1S/C30H22N2O4/c1-19-6-4-8-23(16-19)29(34)32-25-10-5-9-24(18-25)31-28(33)21-14-12-20(13-15-21)26-17-22-7-2-3-11-27(22)36-30(26)35/h2-18H,1H3,(H,31,33)(H,32,34). The van der Waals surface area contributed by atoms with E-state index in [9.17, 15) is 14.4 Å². The fraction of sp³-hybridized carbons (Fsp3) is 0.0333. The number of nitrogens with one attached hydrogen (secondary N) is 2. The third kappa shape index (κ3) is 4.93. The Bertz CT molecular complexity index is 1650. The quantitative estimate of drug-likeness (QED) is 0.294. The summed E-state index contributed by atoms with van der Waals surface area (Å²) in [6.45, 7) is 1.93. The summed E-state index contributed by atoms with van der Waals surface area (Å²) in [5, 5.41) is 6.52. The molecule has 176 valence electrons. The molecule has 5 aromatic rings. The fourth-order valence-corrected chi connectivity index (χ4v) is 3.93. The Hall–Kier alpha value is -4.97. The van der Waals surface area contributed by atoms with Gasteiger partial charge in [-0.05, 0) is 67.1 Å². The lowest BCUT2D eigenvalue weighted by Gasteiger charge is -2.10. The molecule has 0 radical (unpaired) electrons. The first-order valence-corrected chi connectivity index (χ1v) is 11.4. The number of fused-ring (bicyclic) bond motifs is 1. The molecule has 4 aromatic carbocycles. The van der Waals surface area contributed by atoms with Crippen LogP contribution in [0.3, 0.4) is 0 Å². The maximum absolute atomic E-state index is 12.8. The highest BCUT2D eigenvalue weighted by atomic mass is 16.4. The van der Waals surface area contributed by atoms with Crippen LogP contribution in [0.25, 0.3) is 22.1 Å². The average molecular weight is 475 g/mol. The van der Waals surface area contributed by atoms with Crippen LogP contribution in [0.15, 0.2) is 112 Å². The zero-order chi connectivity index (χ0) is 25.1. The van der Waals surface area contributed by atoms with Gasteiger partial charge in [0, 0.05) is 27.9 Å². The normalized spacial score (nSPS) is 10.7. The second-order valence-electron chi connectivity index (χ2n) is 8.42. The van der Waals surface area contributed by atoms with Crippen molar-refractivity contribution in [2.75, 3.05) is 10.6 Å². The van der Waals surface area contributed by atoms with E-state index in [-0.39, 0.29) is 11.8 Å². The van der Waals surface area contributed by atoms with Gasteiger partial charge in [0.25, 0.3) is 11.8 Å². The van der Waals surface area contributed by atoms with Crippen LogP contribution < -0.4 is 16.3 Å². The molecule has 6 heteroatoms. The Morgan fingerprint density at radius 2 is 1.33 bits per heavy atom. The molecule has 0 bridgehead atoms. The first-order chi connectivity index (χ1) is 17.5. The molecule has 6 nitrogen and oxygen atoms in total. The summed E-state index contributed by atoms with van der Waals surface area (Å²) in [4.78, 5) is 37.8. The molecule has 36 heavy (non-hydrogen) atoms. The van der Waals surface area contributed by atoms with Gasteiger partial charge in [-0.15, -0.1) is 0 Å². The fourth-order valence-electron chi connectivity index (χ4n) is 3.93. The Kier molecular flexibility index (Phi) is 6.16. The van der Waals surface area contributed by atoms with Crippen molar-refractivity contribution in [3.63, 3.8) is 0 Å². The second kappa shape index (κ2) is 9.72. The van der Waals surface area contributed by atoms with Crippen LogP contribution in [-0.2, 0) is 0 Å². The monoisotopic (exact) mass is 474 g/mol. The highest BCUT2D eigenvalue weighted by Gasteiger charge is 2.11.